The molecule has 18 heavy (non-hydrogen) atoms. The molecule has 1 fully saturated rings. The number of nitrogens with two attached hydrogens (primary N) is 1. The highest BCUT2D eigenvalue weighted by atomic mass is 19.3. The third-order valence-electron chi connectivity index (χ3n) is 4.18. The Labute approximate surface area is 107 Å². The van der Waals surface area contributed by atoms with Crippen LogP contribution in [-0.2, 0) is 11.3 Å². The van der Waals surface area contributed by atoms with Crippen molar-refractivity contribution < 1.29 is 8.78 Å². The minimum Gasteiger partial charge on any atom is -0.330 e. The number of hydrogen-bond donors (Lipinski definition) is 1. The lowest BCUT2D eigenvalue weighted by molar-refractivity contribution is -0.0140. The zero-order chi connectivity index (χ0) is 13.2. The predicted molar refractivity (Wildman–Crippen MR) is 69.8 cm³/mol. The van der Waals surface area contributed by atoms with E-state index < -0.39 is 5.92 Å². The first-order chi connectivity index (χ1) is 8.54. The lowest BCUT2D eigenvalue weighted by atomic mass is 9.64. The van der Waals surface area contributed by atoms with Gasteiger partial charge in [-0.25, -0.2) is 8.78 Å². The van der Waals surface area contributed by atoms with Crippen LogP contribution in [0.3, 0.4) is 0 Å². The second-order valence-corrected chi connectivity index (χ2v) is 5.37. The highest BCUT2D eigenvalue weighted by Crippen LogP contribution is 2.43. The van der Waals surface area contributed by atoms with Crippen LogP contribution in [0.4, 0.5) is 8.78 Å². The molecule has 0 atom stereocenters. The molecule has 0 amide bonds. The molecule has 0 saturated heterocycles. The van der Waals surface area contributed by atoms with Gasteiger partial charge in [0.25, 0.3) is 5.92 Å². The quantitative estimate of drug-likeness (QED) is 0.844. The maximum Gasteiger partial charge on any atom is 0.273 e. The second-order valence-electron chi connectivity index (χ2n) is 5.37. The third-order valence-corrected chi connectivity index (χ3v) is 4.18. The summed E-state index contributed by atoms with van der Waals surface area (Å²) in [6.07, 6.45) is 3.74. The second kappa shape index (κ2) is 4.96. The van der Waals surface area contributed by atoms with Gasteiger partial charge in [-0.1, -0.05) is 44.0 Å². The van der Waals surface area contributed by atoms with Crippen LogP contribution in [0.15, 0.2) is 24.3 Å². The van der Waals surface area contributed by atoms with E-state index in [1.165, 1.54) is 6.42 Å². The van der Waals surface area contributed by atoms with E-state index in [2.05, 4.69) is 0 Å². The van der Waals surface area contributed by atoms with Crippen LogP contribution in [0.1, 0.15) is 50.2 Å². The highest BCUT2D eigenvalue weighted by molar-refractivity contribution is 5.33. The molecule has 1 aromatic carbocycles. The van der Waals surface area contributed by atoms with Crippen molar-refractivity contribution in [1.29, 1.82) is 0 Å². The van der Waals surface area contributed by atoms with Crippen LogP contribution in [0.2, 0.25) is 0 Å². The van der Waals surface area contributed by atoms with Crippen molar-refractivity contribution in [3.05, 3.63) is 35.4 Å². The van der Waals surface area contributed by atoms with Gasteiger partial charge in [0, 0.05) is 23.9 Å². The number of hydrogen-bond acceptors (Lipinski definition) is 1. The highest BCUT2D eigenvalue weighted by Gasteiger charge is 2.38. The monoisotopic (exact) mass is 253 g/mol. The molecule has 3 heteroatoms. The zero-order valence-corrected chi connectivity index (χ0v) is 10.9. The van der Waals surface area contributed by atoms with Crippen LogP contribution >= 0.6 is 0 Å². The standard InChI is InChI=1S/C15H21F2N/c1-2-8-15(16,17)13-6-4-12(5-7-13)14(11-18)9-3-10-14/h4-7H,2-3,8-11,18H2,1H3. The van der Waals surface area contributed by atoms with E-state index in [4.69, 9.17) is 5.73 Å². The van der Waals surface area contributed by atoms with Gasteiger partial charge in [0.05, 0.1) is 0 Å². The average molecular weight is 253 g/mol. The summed E-state index contributed by atoms with van der Waals surface area (Å²) >= 11 is 0. The van der Waals surface area contributed by atoms with Crippen LogP contribution < -0.4 is 5.73 Å². The van der Waals surface area contributed by atoms with Crippen molar-refractivity contribution in [1.82, 2.24) is 0 Å². The molecule has 1 nitrogen and oxygen atoms in total. The molecule has 0 spiro atoms. The summed E-state index contributed by atoms with van der Waals surface area (Å²) in [6.45, 7) is 2.39. The largest absolute Gasteiger partial charge is 0.330 e. The summed E-state index contributed by atoms with van der Waals surface area (Å²) in [5.41, 5.74) is 7.12. The molecular weight excluding hydrogens is 232 g/mol. The van der Waals surface area contributed by atoms with Gasteiger partial charge in [0.2, 0.25) is 0 Å². The first-order valence-corrected chi connectivity index (χ1v) is 6.73. The van der Waals surface area contributed by atoms with E-state index in [0.717, 1.165) is 18.4 Å². The maximum absolute atomic E-state index is 13.7. The Balaban J connectivity index is 2.20. The van der Waals surface area contributed by atoms with Gasteiger partial charge in [0.15, 0.2) is 0 Å². The normalized spacial score (nSPS) is 18.4. The van der Waals surface area contributed by atoms with Gasteiger partial charge < -0.3 is 5.73 Å². The Morgan fingerprint density at radius 1 is 1.22 bits per heavy atom. The van der Waals surface area contributed by atoms with Crippen LogP contribution in [-0.4, -0.2) is 6.54 Å². The van der Waals surface area contributed by atoms with Crippen LogP contribution in [0.25, 0.3) is 0 Å². The van der Waals surface area contributed by atoms with Gasteiger partial charge in [-0.2, -0.15) is 0 Å². The van der Waals surface area contributed by atoms with Gasteiger partial charge >= 0.3 is 0 Å². The van der Waals surface area contributed by atoms with E-state index in [1.807, 2.05) is 12.1 Å². The maximum atomic E-state index is 13.7. The molecule has 2 rings (SSSR count). The summed E-state index contributed by atoms with van der Waals surface area (Å²) < 4.78 is 27.5. The topological polar surface area (TPSA) is 26.0 Å². The van der Waals surface area contributed by atoms with Gasteiger partial charge in [-0.15, -0.1) is 0 Å². The molecule has 1 saturated carbocycles. The fraction of sp³-hybridized carbons (Fsp3) is 0.600. The number of benzene rings is 1. The molecular formula is C15H21F2N. The predicted octanol–water partition coefficient (Wildman–Crippen LogP) is 3.96. The lowest BCUT2D eigenvalue weighted by Gasteiger charge is -2.41. The molecule has 0 heterocycles. The molecule has 0 radical (unpaired) electrons. The van der Waals surface area contributed by atoms with Crippen molar-refractivity contribution in [3.63, 3.8) is 0 Å². The Kier molecular flexibility index (Phi) is 3.71. The summed E-state index contributed by atoms with van der Waals surface area (Å²) in [5.74, 6) is -2.71. The Bertz CT molecular complexity index is 388. The van der Waals surface area contributed by atoms with Crippen molar-refractivity contribution >= 4 is 0 Å². The number of halogens is 2. The summed E-state index contributed by atoms with van der Waals surface area (Å²) in [7, 11) is 0. The minimum absolute atomic E-state index is 0.0541. The van der Waals surface area contributed by atoms with E-state index in [1.54, 1.807) is 19.1 Å². The smallest absolute Gasteiger partial charge is 0.273 e. The van der Waals surface area contributed by atoms with Crippen molar-refractivity contribution in [2.24, 2.45) is 5.73 Å². The molecule has 1 aliphatic rings. The Hall–Kier alpha value is -0.960. The fourth-order valence-electron chi connectivity index (χ4n) is 2.74. The van der Waals surface area contributed by atoms with Crippen molar-refractivity contribution in [2.45, 2.75) is 50.4 Å². The van der Waals surface area contributed by atoms with Crippen LogP contribution in [0.5, 0.6) is 0 Å². The van der Waals surface area contributed by atoms with E-state index in [-0.39, 0.29) is 17.4 Å². The average Bonchev–Trinajstić information content (AvgIpc) is 2.29. The van der Waals surface area contributed by atoms with E-state index in [0.29, 0.717) is 13.0 Å². The molecule has 2 N–H and O–H groups in total. The van der Waals surface area contributed by atoms with E-state index in [9.17, 15) is 8.78 Å². The van der Waals surface area contributed by atoms with Gasteiger partial charge in [-0.05, 0) is 18.4 Å². The van der Waals surface area contributed by atoms with Gasteiger partial charge in [0.1, 0.15) is 0 Å². The molecule has 0 aliphatic heterocycles. The number of alkyl halides is 2. The lowest BCUT2D eigenvalue weighted by Crippen LogP contribution is -2.41. The third kappa shape index (κ3) is 2.28. The molecule has 0 aromatic heterocycles. The molecule has 100 valence electrons. The first-order valence-electron chi connectivity index (χ1n) is 6.73. The minimum atomic E-state index is -2.71. The van der Waals surface area contributed by atoms with Crippen molar-refractivity contribution in [2.75, 3.05) is 6.54 Å². The van der Waals surface area contributed by atoms with Gasteiger partial charge in [-0.3, -0.25) is 0 Å². The Morgan fingerprint density at radius 3 is 2.22 bits per heavy atom. The summed E-state index contributed by atoms with van der Waals surface area (Å²) in [4.78, 5) is 0. The Morgan fingerprint density at radius 2 is 1.83 bits per heavy atom. The van der Waals surface area contributed by atoms with Crippen LogP contribution in [0, 0.1) is 0 Å². The molecule has 1 aliphatic carbocycles. The van der Waals surface area contributed by atoms with Crippen molar-refractivity contribution in [3.8, 4) is 0 Å². The molecule has 0 unspecified atom stereocenters. The first kappa shape index (κ1) is 13.5. The molecule has 1 aromatic rings. The fourth-order valence-corrected chi connectivity index (χ4v) is 2.74. The zero-order valence-electron chi connectivity index (χ0n) is 10.9. The summed E-state index contributed by atoms with van der Waals surface area (Å²) in [5, 5.41) is 0. The summed E-state index contributed by atoms with van der Waals surface area (Å²) in [6, 6.07) is 6.82. The molecule has 0 bridgehead atoms. The van der Waals surface area contributed by atoms with E-state index >= 15 is 0 Å². The SMILES string of the molecule is CCCC(F)(F)c1ccc(C2(CN)CCC2)cc1. The number of rotatable bonds is 5.